The molecule has 0 spiro atoms. The second kappa shape index (κ2) is 6.37. The molecule has 7 heteroatoms. The van der Waals surface area contributed by atoms with Gasteiger partial charge in [-0.25, -0.2) is 4.98 Å². The maximum atomic E-state index is 12.5. The van der Waals surface area contributed by atoms with E-state index in [9.17, 15) is 4.79 Å². The first-order valence-corrected chi connectivity index (χ1v) is 7.08. The topological polar surface area (TPSA) is 76.1 Å². The Balaban J connectivity index is 2.15. The highest BCUT2D eigenvalue weighted by Gasteiger charge is 2.38. The number of methoxy groups -OCH3 is 1. The van der Waals surface area contributed by atoms with Crippen molar-refractivity contribution in [3.63, 3.8) is 0 Å². The van der Waals surface area contributed by atoms with Gasteiger partial charge in [0.1, 0.15) is 5.15 Å². The van der Waals surface area contributed by atoms with E-state index in [-0.39, 0.29) is 22.4 Å². The molecule has 1 fully saturated rings. The Labute approximate surface area is 123 Å². The van der Waals surface area contributed by atoms with Crippen molar-refractivity contribution in [1.82, 2.24) is 15.3 Å². The zero-order chi connectivity index (χ0) is 14.6. The molecule has 1 aliphatic heterocycles. The molecule has 2 heterocycles. The Hall–Kier alpha value is -1.40. The second-order valence-electron chi connectivity index (χ2n) is 4.89. The number of anilines is 1. The second-order valence-corrected chi connectivity index (χ2v) is 5.28. The number of rotatable bonds is 4. The van der Waals surface area contributed by atoms with E-state index in [1.807, 2.05) is 6.92 Å². The highest BCUT2D eigenvalue weighted by molar-refractivity contribution is 6.29. The van der Waals surface area contributed by atoms with Gasteiger partial charge in [-0.05, 0) is 32.4 Å². The fraction of sp³-hybridized carbons (Fsp3) is 0.615. The van der Waals surface area contributed by atoms with Crippen molar-refractivity contribution in [2.45, 2.75) is 26.2 Å². The van der Waals surface area contributed by atoms with Gasteiger partial charge >= 0.3 is 0 Å². The van der Waals surface area contributed by atoms with Crippen LogP contribution in [-0.2, 0) is 4.79 Å². The number of nitrogens with zero attached hydrogens (tertiary/aromatic N) is 2. The highest BCUT2D eigenvalue weighted by Crippen LogP contribution is 2.33. The molecular weight excluding hydrogens is 280 g/mol. The van der Waals surface area contributed by atoms with Gasteiger partial charge in [0.05, 0.1) is 12.5 Å². The van der Waals surface area contributed by atoms with E-state index in [1.165, 1.54) is 13.2 Å². The Morgan fingerprint density at radius 3 is 2.80 bits per heavy atom. The van der Waals surface area contributed by atoms with Gasteiger partial charge in [-0.3, -0.25) is 10.1 Å². The Kier molecular flexibility index (Phi) is 4.77. The van der Waals surface area contributed by atoms with Crippen LogP contribution in [0.25, 0.3) is 0 Å². The zero-order valence-electron chi connectivity index (χ0n) is 11.7. The summed E-state index contributed by atoms with van der Waals surface area (Å²) in [6, 6.07) is 1.50. The van der Waals surface area contributed by atoms with Crippen molar-refractivity contribution >= 4 is 23.5 Å². The normalized spacial score (nSPS) is 17.6. The number of carbonyl (C=O) groups excluding carboxylic acids is 1. The number of halogens is 1. The molecule has 1 aromatic rings. The fourth-order valence-electron chi connectivity index (χ4n) is 2.44. The SMILES string of the molecule is CCC1(C(=O)Nc2nc(Cl)cc(OC)n2)CCNCC1. The number of amides is 1. The molecule has 2 rings (SSSR count). The first kappa shape index (κ1) is 15.0. The minimum Gasteiger partial charge on any atom is -0.481 e. The number of nitrogens with one attached hydrogen (secondary N) is 2. The number of hydrogen-bond donors (Lipinski definition) is 2. The van der Waals surface area contributed by atoms with Crippen LogP contribution in [0.1, 0.15) is 26.2 Å². The van der Waals surface area contributed by atoms with E-state index < -0.39 is 0 Å². The van der Waals surface area contributed by atoms with Crippen molar-refractivity contribution < 1.29 is 9.53 Å². The maximum absolute atomic E-state index is 12.5. The van der Waals surface area contributed by atoms with E-state index >= 15 is 0 Å². The Bertz CT molecular complexity index is 489. The van der Waals surface area contributed by atoms with Crippen LogP contribution in [0.4, 0.5) is 5.95 Å². The average Bonchev–Trinajstić information content (AvgIpc) is 2.47. The Morgan fingerprint density at radius 2 is 2.20 bits per heavy atom. The third-order valence-electron chi connectivity index (χ3n) is 3.82. The summed E-state index contributed by atoms with van der Waals surface area (Å²) in [5.74, 6) is 0.465. The summed E-state index contributed by atoms with van der Waals surface area (Å²) >= 11 is 5.87. The first-order chi connectivity index (χ1) is 9.59. The molecule has 0 bridgehead atoms. The van der Waals surface area contributed by atoms with Crippen LogP contribution in [0.5, 0.6) is 5.88 Å². The molecule has 0 aromatic carbocycles. The summed E-state index contributed by atoms with van der Waals surface area (Å²) in [5, 5.41) is 6.27. The molecule has 1 aliphatic rings. The summed E-state index contributed by atoms with van der Waals surface area (Å²) in [4.78, 5) is 20.6. The lowest BCUT2D eigenvalue weighted by Gasteiger charge is -2.35. The van der Waals surface area contributed by atoms with Gasteiger partial charge in [-0.1, -0.05) is 18.5 Å². The number of piperidine rings is 1. The number of aromatic nitrogens is 2. The molecule has 6 nitrogen and oxygen atoms in total. The number of ether oxygens (including phenoxy) is 1. The van der Waals surface area contributed by atoms with Crippen molar-refractivity contribution in [1.29, 1.82) is 0 Å². The molecule has 1 aromatic heterocycles. The Morgan fingerprint density at radius 1 is 1.50 bits per heavy atom. The summed E-state index contributed by atoms with van der Waals surface area (Å²) < 4.78 is 5.02. The van der Waals surface area contributed by atoms with Crippen LogP contribution in [-0.4, -0.2) is 36.1 Å². The molecule has 1 saturated heterocycles. The molecule has 0 unspecified atom stereocenters. The van der Waals surface area contributed by atoms with Gasteiger partial charge < -0.3 is 10.1 Å². The minimum absolute atomic E-state index is 0.0502. The fourth-order valence-corrected chi connectivity index (χ4v) is 2.61. The van der Waals surface area contributed by atoms with E-state index in [2.05, 4.69) is 20.6 Å². The van der Waals surface area contributed by atoms with Crippen LogP contribution >= 0.6 is 11.6 Å². The highest BCUT2D eigenvalue weighted by atomic mass is 35.5. The third kappa shape index (κ3) is 3.19. The molecular formula is C13H19ClN4O2. The van der Waals surface area contributed by atoms with E-state index in [0.717, 1.165) is 32.4 Å². The molecule has 0 aliphatic carbocycles. The molecule has 0 saturated carbocycles. The van der Waals surface area contributed by atoms with Crippen molar-refractivity contribution in [3.8, 4) is 5.88 Å². The monoisotopic (exact) mass is 298 g/mol. The van der Waals surface area contributed by atoms with Crippen LogP contribution in [0, 0.1) is 5.41 Å². The predicted molar refractivity (Wildman–Crippen MR) is 77.1 cm³/mol. The molecule has 0 radical (unpaired) electrons. The molecule has 2 N–H and O–H groups in total. The summed E-state index contributed by atoms with van der Waals surface area (Å²) in [6.45, 7) is 3.73. The van der Waals surface area contributed by atoms with Crippen LogP contribution < -0.4 is 15.4 Å². The lowest BCUT2D eigenvalue weighted by atomic mass is 9.76. The maximum Gasteiger partial charge on any atom is 0.234 e. The summed E-state index contributed by atoms with van der Waals surface area (Å²) in [6.07, 6.45) is 2.41. The minimum atomic E-state index is -0.357. The average molecular weight is 299 g/mol. The van der Waals surface area contributed by atoms with Gasteiger partial charge in [0.15, 0.2) is 0 Å². The van der Waals surface area contributed by atoms with E-state index in [1.54, 1.807) is 0 Å². The molecule has 110 valence electrons. The number of hydrogen-bond acceptors (Lipinski definition) is 5. The van der Waals surface area contributed by atoms with Crippen molar-refractivity contribution in [3.05, 3.63) is 11.2 Å². The predicted octanol–water partition coefficient (Wildman–Crippen LogP) is 1.86. The van der Waals surface area contributed by atoms with Gasteiger partial charge in [0.25, 0.3) is 0 Å². The van der Waals surface area contributed by atoms with Crippen LogP contribution in [0.15, 0.2) is 6.07 Å². The number of carbonyl (C=O) groups is 1. The quantitative estimate of drug-likeness (QED) is 0.830. The largest absolute Gasteiger partial charge is 0.481 e. The van der Waals surface area contributed by atoms with E-state index in [0.29, 0.717) is 5.88 Å². The van der Waals surface area contributed by atoms with Gasteiger partial charge in [-0.15, -0.1) is 0 Å². The zero-order valence-corrected chi connectivity index (χ0v) is 12.5. The summed E-state index contributed by atoms with van der Waals surface area (Å²) in [5.41, 5.74) is -0.357. The lowest BCUT2D eigenvalue weighted by Crippen LogP contribution is -2.44. The van der Waals surface area contributed by atoms with Crippen molar-refractivity contribution in [2.24, 2.45) is 5.41 Å². The smallest absolute Gasteiger partial charge is 0.234 e. The third-order valence-corrected chi connectivity index (χ3v) is 4.02. The van der Waals surface area contributed by atoms with Gasteiger partial charge in [0.2, 0.25) is 17.7 Å². The van der Waals surface area contributed by atoms with Crippen molar-refractivity contribution in [2.75, 3.05) is 25.5 Å². The molecule has 0 atom stereocenters. The van der Waals surface area contributed by atoms with Gasteiger partial charge in [0, 0.05) is 6.07 Å². The van der Waals surface area contributed by atoms with Crippen LogP contribution in [0.2, 0.25) is 5.15 Å². The van der Waals surface area contributed by atoms with E-state index in [4.69, 9.17) is 16.3 Å². The van der Waals surface area contributed by atoms with Crippen LogP contribution in [0.3, 0.4) is 0 Å². The summed E-state index contributed by atoms with van der Waals surface area (Å²) in [7, 11) is 1.49. The molecule has 1 amide bonds. The first-order valence-electron chi connectivity index (χ1n) is 6.70. The lowest BCUT2D eigenvalue weighted by molar-refractivity contribution is -0.127. The standard InChI is InChI=1S/C13H19ClN4O2/c1-3-13(4-6-15-7-5-13)11(19)18-12-16-9(14)8-10(17-12)20-2/h8,15H,3-7H2,1-2H3,(H,16,17,18,19). The van der Waals surface area contributed by atoms with Gasteiger partial charge in [-0.2, -0.15) is 4.98 Å². The molecule has 20 heavy (non-hydrogen) atoms.